The summed E-state index contributed by atoms with van der Waals surface area (Å²) >= 11 is 1.86. The lowest BCUT2D eigenvalue weighted by molar-refractivity contribution is -0.154. The zero-order valence-electron chi connectivity index (χ0n) is 11.2. The van der Waals surface area contributed by atoms with Gasteiger partial charge in [-0.25, -0.2) is 0 Å². The second-order valence-corrected chi connectivity index (χ2v) is 6.23. The van der Waals surface area contributed by atoms with Gasteiger partial charge in [0.15, 0.2) is 0 Å². The lowest BCUT2D eigenvalue weighted by Crippen LogP contribution is -2.24. The van der Waals surface area contributed by atoms with Crippen LogP contribution in [0.15, 0.2) is 0 Å². The first kappa shape index (κ1) is 15.8. The Kier molecular flexibility index (Phi) is 8.81. The average Bonchev–Trinajstić information content (AvgIpc) is 2.13. The van der Waals surface area contributed by atoms with Gasteiger partial charge in [-0.1, -0.05) is 26.2 Å². The molecule has 16 heavy (non-hydrogen) atoms. The minimum absolute atomic E-state index is 0.0754. The number of thioether (sulfide) groups is 1. The zero-order valence-corrected chi connectivity index (χ0v) is 12.0. The van der Waals surface area contributed by atoms with Crippen molar-refractivity contribution < 1.29 is 9.53 Å². The molecule has 0 saturated heterocycles. The largest absolute Gasteiger partial charge is 0.460 e. The summed E-state index contributed by atoms with van der Waals surface area (Å²) in [5, 5.41) is 0. The Morgan fingerprint density at radius 1 is 1.12 bits per heavy atom. The SMILES string of the molecule is CCCCCCSCCC(=O)OC(C)(C)C. The average molecular weight is 246 g/mol. The molecule has 0 aromatic carbocycles. The highest BCUT2D eigenvalue weighted by Crippen LogP contribution is 2.12. The van der Waals surface area contributed by atoms with Crippen LogP contribution in [0.1, 0.15) is 59.8 Å². The summed E-state index contributed by atoms with van der Waals surface area (Å²) in [6.07, 6.45) is 5.73. The van der Waals surface area contributed by atoms with E-state index >= 15 is 0 Å². The van der Waals surface area contributed by atoms with Crippen molar-refractivity contribution >= 4 is 17.7 Å². The molecule has 0 heterocycles. The summed E-state index contributed by atoms with van der Waals surface area (Å²) in [5.74, 6) is 1.98. The molecule has 2 nitrogen and oxygen atoms in total. The lowest BCUT2D eigenvalue weighted by atomic mass is 10.2. The second kappa shape index (κ2) is 8.91. The first-order chi connectivity index (χ1) is 7.45. The van der Waals surface area contributed by atoms with Gasteiger partial charge in [0.05, 0.1) is 6.42 Å². The van der Waals surface area contributed by atoms with Crippen LogP contribution >= 0.6 is 11.8 Å². The van der Waals surface area contributed by atoms with Crippen molar-refractivity contribution in [2.24, 2.45) is 0 Å². The van der Waals surface area contributed by atoms with Gasteiger partial charge in [0.25, 0.3) is 0 Å². The minimum atomic E-state index is -0.344. The number of carbonyl (C=O) groups is 1. The summed E-state index contributed by atoms with van der Waals surface area (Å²) in [4.78, 5) is 11.4. The fraction of sp³-hybridized carbons (Fsp3) is 0.923. The zero-order chi connectivity index (χ0) is 12.4. The first-order valence-corrected chi connectivity index (χ1v) is 7.41. The van der Waals surface area contributed by atoms with E-state index in [4.69, 9.17) is 4.74 Å². The topological polar surface area (TPSA) is 26.3 Å². The van der Waals surface area contributed by atoms with Crippen LogP contribution < -0.4 is 0 Å². The fourth-order valence-corrected chi connectivity index (χ4v) is 2.20. The third-order valence-corrected chi connectivity index (χ3v) is 3.08. The Labute approximate surface area is 105 Å². The summed E-state index contributed by atoms with van der Waals surface area (Å²) in [6, 6.07) is 0. The first-order valence-electron chi connectivity index (χ1n) is 6.25. The number of hydrogen-bond donors (Lipinski definition) is 0. The second-order valence-electron chi connectivity index (χ2n) is 5.01. The Hall–Kier alpha value is -0.180. The number of hydrogen-bond acceptors (Lipinski definition) is 3. The van der Waals surface area contributed by atoms with Gasteiger partial charge in [0, 0.05) is 5.75 Å². The number of carbonyl (C=O) groups excluding carboxylic acids is 1. The van der Waals surface area contributed by atoms with E-state index in [1.54, 1.807) is 0 Å². The number of rotatable bonds is 8. The van der Waals surface area contributed by atoms with Crippen LogP contribution in [0.5, 0.6) is 0 Å². The Bertz CT molecular complexity index is 185. The van der Waals surface area contributed by atoms with E-state index in [-0.39, 0.29) is 11.6 Å². The molecule has 0 aliphatic rings. The molecule has 0 amide bonds. The molecule has 0 radical (unpaired) electrons. The molecule has 0 atom stereocenters. The van der Waals surface area contributed by atoms with Crippen molar-refractivity contribution in [3.63, 3.8) is 0 Å². The molecule has 0 aliphatic carbocycles. The molecule has 0 aromatic rings. The van der Waals surface area contributed by atoms with Crippen LogP contribution in [0, 0.1) is 0 Å². The summed E-state index contributed by atoms with van der Waals surface area (Å²) in [6.45, 7) is 7.93. The molecule has 0 rings (SSSR count). The van der Waals surface area contributed by atoms with Gasteiger partial charge in [-0.3, -0.25) is 4.79 Å². The molecular weight excluding hydrogens is 220 g/mol. The summed E-state index contributed by atoms with van der Waals surface area (Å²) in [5.41, 5.74) is -0.344. The highest BCUT2D eigenvalue weighted by Gasteiger charge is 2.15. The van der Waals surface area contributed by atoms with Crippen LogP contribution in [0.25, 0.3) is 0 Å². The minimum Gasteiger partial charge on any atom is -0.460 e. The Morgan fingerprint density at radius 2 is 1.81 bits per heavy atom. The maximum absolute atomic E-state index is 11.4. The van der Waals surface area contributed by atoms with Gasteiger partial charge in [-0.2, -0.15) is 11.8 Å². The summed E-state index contributed by atoms with van der Waals surface area (Å²) < 4.78 is 5.23. The standard InChI is InChI=1S/C13H26O2S/c1-5-6-7-8-10-16-11-9-12(14)15-13(2,3)4/h5-11H2,1-4H3. The number of unbranched alkanes of at least 4 members (excludes halogenated alkanes) is 3. The summed E-state index contributed by atoms with van der Waals surface area (Å²) in [7, 11) is 0. The third kappa shape index (κ3) is 11.9. The van der Waals surface area contributed by atoms with Crippen LogP contribution in [-0.2, 0) is 9.53 Å². The molecule has 0 aromatic heterocycles. The van der Waals surface area contributed by atoms with E-state index in [0.29, 0.717) is 6.42 Å². The Balaban J connectivity index is 3.28. The third-order valence-electron chi connectivity index (χ3n) is 2.01. The Morgan fingerprint density at radius 3 is 2.38 bits per heavy atom. The predicted molar refractivity (Wildman–Crippen MR) is 71.9 cm³/mol. The smallest absolute Gasteiger partial charge is 0.307 e. The van der Waals surface area contributed by atoms with Crippen molar-refractivity contribution in [1.29, 1.82) is 0 Å². The van der Waals surface area contributed by atoms with Crippen molar-refractivity contribution in [3.8, 4) is 0 Å². The molecule has 0 fully saturated rings. The van der Waals surface area contributed by atoms with Gasteiger partial charge in [0.1, 0.15) is 5.60 Å². The molecular formula is C13H26O2S. The molecule has 0 saturated carbocycles. The molecule has 0 N–H and O–H groups in total. The highest BCUT2D eigenvalue weighted by atomic mass is 32.2. The van der Waals surface area contributed by atoms with Gasteiger partial charge < -0.3 is 4.74 Å². The molecule has 3 heteroatoms. The lowest BCUT2D eigenvalue weighted by Gasteiger charge is -2.19. The van der Waals surface area contributed by atoms with Crippen molar-refractivity contribution in [2.75, 3.05) is 11.5 Å². The highest BCUT2D eigenvalue weighted by molar-refractivity contribution is 7.99. The quantitative estimate of drug-likeness (QED) is 0.478. The monoisotopic (exact) mass is 246 g/mol. The van der Waals surface area contributed by atoms with E-state index in [1.807, 2.05) is 32.5 Å². The van der Waals surface area contributed by atoms with E-state index in [0.717, 1.165) is 5.75 Å². The van der Waals surface area contributed by atoms with Gasteiger partial charge in [0.2, 0.25) is 0 Å². The van der Waals surface area contributed by atoms with E-state index < -0.39 is 0 Å². The normalized spacial score (nSPS) is 11.5. The van der Waals surface area contributed by atoms with E-state index in [1.165, 1.54) is 31.4 Å². The van der Waals surface area contributed by atoms with Gasteiger partial charge in [-0.05, 0) is 32.9 Å². The molecule has 0 aliphatic heterocycles. The molecule has 0 unspecified atom stereocenters. The predicted octanol–water partition coefficient (Wildman–Crippen LogP) is 4.03. The maximum Gasteiger partial charge on any atom is 0.307 e. The molecule has 0 spiro atoms. The van der Waals surface area contributed by atoms with Gasteiger partial charge in [-0.15, -0.1) is 0 Å². The van der Waals surface area contributed by atoms with E-state index in [2.05, 4.69) is 6.92 Å². The number of esters is 1. The fourth-order valence-electron chi connectivity index (χ4n) is 1.28. The van der Waals surface area contributed by atoms with Crippen LogP contribution in [0.4, 0.5) is 0 Å². The molecule has 96 valence electrons. The van der Waals surface area contributed by atoms with Crippen LogP contribution in [-0.4, -0.2) is 23.1 Å². The van der Waals surface area contributed by atoms with Crippen molar-refractivity contribution in [3.05, 3.63) is 0 Å². The van der Waals surface area contributed by atoms with Crippen LogP contribution in [0.2, 0.25) is 0 Å². The van der Waals surface area contributed by atoms with Gasteiger partial charge >= 0.3 is 5.97 Å². The number of ether oxygens (including phenoxy) is 1. The van der Waals surface area contributed by atoms with Crippen LogP contribution in [0.3, 0.4) is 0 Å². The van der Waals surface area contributed by atoms with Crippen molar-refractivity contribution in [2.45, 2.75) is 65.4 Å². The van der Waals surface area contributed by atoms with E-state index in [9.17, 15) is 4.79 Å². The molecule has 0 bridgehead atoms. The maximum atomic E-state index is 11.4. The van der Waals surface area contributed by atoms with Crippen molar-refractivity contribution in [1.82, 2.24) is 0 Å².